The van der Waals surface area contributed by atoms with Crippen molar-refractivity contribution in [2.75, 3.05) is 0 Å². The number of nitrogens with zero attached hydrogens (tertiary/aromatic N) is 1. The van der Waals surface area contributed by atoms with E-state index in [0.717, 1.165) is 19.1 Å². The summed E-state index contributed by atoms with van der Waals surface area (Å²) in [6.07, 6.45) is -1.48. The standard InChI is InChI=1S/C11H14N2O7S/c1-6-8(13(17)18)4-3-5-9(6)21(19,20)12-10(7(2)14)11(15)16/h3-5,7,10,12,14H,1-2H3,(H,15,16)/t7-,10+/m1/s1. The summed E-state index contributed by atoms with van der Waals surface area (Å²) in [5.41, 5.74) is -0.522. The van der Waals surface area contributed by atoms with Gasteiger partial charge in [-0.1, -0.05) is 6.07 Å². The Morgan fingerprint density at radius 3 is 2.43 bits per heavy atom. The highest BCUT2D eigenvalue weighted by atomic mass is 32.2. The molecule has 3 N–H and O–H groups in total. The predicted octanol–water partition coefficient (Wildman–Crippen LogP) is 0.0155. The fourth-order valence-electron chi connectivity index (χ4n) is 1.68. The van der Waals surface area contributed by atoms with Crippen molar-refractivity contribution < 1.29 is 28.3 Å². The van der Waals surface area contributed by atoms with Gasteiger partial charge in [0.2, 0.25) is 10.0 Å². The van der Waals surface area contributed by atoms with Gasteiger partial charge in [-0.3, -0.25) is 14.9 Å². The van der Waals surface area contributed by atoms with Crippen LogP contribution in [-0.4, -0.2) is 41.7 Å². The maximum absolute atomic E-state index is 12.1. The van der Waals surface area contributed by atoms with Crippen LogP contribution in [0.5, 0.6) is 0 Å². The third-order valence-electron chi connectivity index (χ3n) is 2.77. The van der Waals surface area contributed by atoms with E-state index in [9.17, 15) is 28.4 Å². The van der Waals surface area contributed by atoms with Crippen molar-refractivity contribution in [3.8, 4) is 0 Å². The van der Waals surface area contributed by atoms with E-state index in [4.69, 9.17) is 5.11 Å². The van der Waals surface area contributed by atoms with E-state index in [1.807, 2.05) is 4.72 Å². The van der Waals surface area contributed by atoms with E-state index in [1.54, 1.807) is 0 Å². The van der Waals surface area contributed by atoms with Gasteiger partial charge in [-0.15, -0.1) is 0 Å². The van der Waals surface area contributed by atoms with Crippen molar-refractivity contribution >= 4 is 21.7 Å². The Labute approximate surface area is 120 Å². The third-order valence-corrected chi connectivity index (χ3v) is 4.36. The zero-order valence-corrected chi connectivity index (χ0v) is 12.0. The minimum Gasteiger partial charge on any atom is -0.480 e. The summed E-state index contributed by atoms with van der Waals surface area (Å²) >= 11 is 0. The van der Waals surface area contributed by atoms with Crippen LogP contribution in [0.2, 0.25) is 0 Å². The number of aliphatic hydroxyl groups excluding tert-OH is 1. The fraction of sp³-hybridized carbons (Fsp3) is 0.364. The Morgan fingerprint density at radius 2 is 2.00 bits per heavy atom. The number of nitrogens with one attached hydrogen (secondary N) is 1. The molecule has 0 saturated heterocycles. The number of nitro benzene ring substituents is 1. The maximum atomic E-state index is 12.1. The smallest absolute Gasteiger partial charge is 0.324 e. The van der Waals surface area contributed by atoms with E-state index in [-0.39, 0.29) is 5.56 Å². The molecule has 0 spiro atoms. The third kappa shape index (κ3) is 3.74. The molecule has 0 aliphatic rings. The summed E-state index contributed by atoms with van der Waals surface area (Å²) in [6, 6.07) is 1.68. The van der Waals surface area contributed by atoms with Crippen LogP contribution in [0.1, 0.15) is 12.5 Å². The lowest BCUT2D eigenvalue weighted by Crippen LogP contribution is -2.47. The highest BCUT2D eigenvalue weighted by Gasteiger charge is 2.31. The lowest BCUT2D eigenvalue weighted by molar-refractivity contribution is -0.385. The van der Waals surface area contributed by atoms with Crippen LogP contribution in [0.25, 0.3) is 0 Å². The van der Waals surface area contributed by atoms with E-state index < -0.39 is 43.6 Å². The number of aliphatic hydroxyl groups is 1. The van der Waals surface area contributed by atoms with Crippen molar-refractivity contribution in [3.05, 3.63) is 33.9 Å². The highest BCUT2D eigenvalue weighted by molar-refractivity contribution is 7.89. The minimum absolute atomic E-state index is 0.121. The van der Waals surface area contributed by atoms with E-state index >= 15 is 0 Å². The topological polar surface area (TPSA) is 147 Å². The lowest BCUT2D eigenvalue weighted by Gasteiger charge is -2.17. The molecule has 0 fully saturated rings. The van der Waals surface area contributed by atoms with Gasteiger partial charge in [0.25, 0.3) is 5.69 Å². The van der Waals surface area contributed by atoms with Gasteiger partial charge in [-0.25, -0.2) is 8.42 Å². The van der Waals surface area contributed by atoms with Gasteiger partial charge in [0.1, 0.15) is 6.04 Å². The number of hydrogen-bond acceptors (Lipinski definition) is 6. The first kappa shape index (κ1) is 17.0. The molecular weight excluding hydrogens is 304 g/mol. The summed E-state index contributed by atoms with van der Waals surface area (Å²) in [7, 11) is -4.33. The summed E-state index contributed by atoms with van der Waals surface area (Å²) in [4.78, 5) is 20.6. The Morgan fingerprint density at radius 1 is 1.43 bits per heavy atom. The molecule has 0 aliphatic carbocycles. The van der Waals surface area contributed by atoms with Crippen molar-refractivity contribution in [2.45, 2.75) is 30.9 Å². The molecule has 0 aromatic heterocycles. The van der Waals surface area contributed by atoms with E-state index in [2.05, 4.69) is 0 Å². The van der Waals surface area contributed by atoms with Crippen LogP contribution >= 0.6 is 0 Å². The monoisotopic (exact) mass is 318 g/mol. The first-order valence-electron chi connectivity index (χ1n) is 5.75. The fourth-order valence-corrected chi connectivity index (χ4v) is 3.20. The number of carboxylic acid groups (broad SMARTS) is 1. The van der Waals surface area contributed by atoms with Crippen LogP contribution in [-0.2, 0) is 14.8 Å². The second-order valence-corrected chi connectivity index (χ2v) is 6.02. The SMILES string of the molecule is Cc1c([N+](=O)[O-])cccc1S(=O)(=O)N[C@H](C(=O)O)[C@@H](C)O. The number of aliphatic carboxylic acids is 1. The largest absolute Gasteiger partial charge is 0.480 e. The number of hydrogen-bond donors (Lipinski definition) is 3. The quantitative estimate of drug-likeness (QED) is 0.494. The van der Waals surface area contributed by atoms with Gasteiger partial charge in [-0.05, 0) is 19.9 Å². The maximum Gasteiger partial charge on any atom is 0.324 e. The molecule has 21 heavy (non-hydrogen) atoms. The first-order chi connectivity index (χ1) is 9.58. The second-order valence-electron chi connectivity index (χ2n) is 4.34. The second kappa shape index (κ2) is 6.16. The van der Waals surface area contributed by atoms with Crippen LogP contribution in [0.4, 0.5) is 5.69 Å². The summed E-state index contributed by atoms with van der Waals surface area (Å²) < 4.78 is 26.1. The molecule has 0 saturated carbocycles. The molecule has 0 bridgehead atoms. The van der Waals surface area contributed by atoms with Gasteiger partial charge >= 0.3 is 5.97 Å². The van der Waals surface area contributed by atoms with Crippen molar-refractivity contribution in [3.63, 3.8) is 0 Å². The Kier molecular flexibility index (Phi) is 4.99. The molecule has 0 amide bonds. The number of nitro groups is 1. The Bertz CT molecular complexity index is 669. The van der Waals surface area contributed by atoms with Gasteiger partial charge in [0.05, 0.1) is 15.9 Å². The molecule has 0 aliphatic heterocycles. The Hall–Kier alpha value is -2.04. The number of rotatable bonds is 6. The van der Waals surface area contributed by atoms with Crippen LogP contribution in [0, 0.1) is 17.0 Å². The number of benzene rings is 1. The molecular formula is C11H14N2O7S. The molecule has 116 valence electrons. The molecule has 1 aromatic rings. The van der Waals surface area contributed by atoms with Crippen LogP contribution in [0.15, 0.2) is 23.1 Å². The van der Waals surface area contributed by atoms with Crippen molar-refractivity contribution in [1.29, 1.82) is 0 Å². The molecule has 1 rings (SSSR count). The number of carboxylic acids is 1. The normalized spacial score (nSPS) is 14.4. The van der Waals surface area contributed by atoms with E-state index in [1.165, 1.54) is 13.0 Å². The Balaban J connectivity index is 3.29. The highest BCUT2D eigenvalue weighted by Crippen LogP contribution is 2.24. The number of carbonyl (C=O) groups is 1. The molecule has 0 heterocycles. The summed E-state index contributed by atoms with van der Waals surface area (Å²) in [6.45, 7) is 2.35. The molecule has 1 aromatic carbocycles. The average molecular weight is 318 g/mol. The predicted molar refractivity (Wildman–Crippen MR) is 71.3 cm³/mol. The van der Waals surface area contributed by atoms with Crippen molar-refractivity contribution in [2.24, 2.45) is 0 Å². The van der Waals surface area contributed by atoms with Crippen LogP contribution in [0.3, 0.4) is 0 Å². The zero-order chi connectivity index (χ0) is 16.4. The minimum atomic E-state index is -4.33. The van der Waals surface area contributed by atoms with Gasteiger partial charge in [0, 0.05) is 11.6 Å². The van der Waals surface area contributed by atoms with Gasteiger partial charge in [0.15, 0.2) is 0 Å². The summed E-state index contributed by atoms with van der Waals surface area (Å²) in [5.74, 6) is -1.56. The summed E-state index contributed by atoms with van der Waals surface area (Å²) in [5, 5.41) is 29.0. The molecule has 0 unspecified atom stereocenters. The van der Waals surface area contributed by atoms with Crippen LogP contribution < -0.4 is 4.72 Å². The zero-order valence-electron chi connectivity index (χ0n) is 11.2. The molecule has 10 heteroatoms. The average Bonchev–Trinajstić information content (AvgIpc) is 2.35. The first-order valence-corrected chi connectivity index (χ1v) is 7.23. The molecule has 0 radical (unpaired) electrons. The van der Waals surface area contributed by atoms with Crippen molar-refractivity contribution in [1.82, 2.24) is 4.72 Å². The lowest BCUT2D eigenvalue weighted by atomic mass is 10.2. The molecule has 9 nitrogen and oxygen atoms in total. The van der Waals surface area contributed by atoms with E-state index in [0.29, 0.717) is 0 Å². The van der Waals surface area contributed by atoms with Gasteiger partial charge < -0.3 is 10.2 Å². The number of sulfonamides is 1. The molecule has 2 atom stereocenters. The van der Waals surface area contributed by atoms with Gasteiger partial charge in [-0.2, -0.15) is 4.72 Å².